The predicted octanol–water partition coefficient (Wildman–Crippen LogP) is 1.80. The van der Waals surface area contributed by atoms with Crippen molar-refractivity contribution in [2.45, 2.75) is 11.8 Å². The molecule has 1 aliphatic rings. The van der Waals surface area contributed by atoms with E-state index in [1.807, 2.05) is 6.92 Å². The average Bonchev–Trinajstić information content (AvgIpc) is 2.72. The van der Waals surface area contributed by atoms with Gasteiger partial charge in [-0.05, 0) is 43.3 Å². The second-order valence-corrected chi connectivity index (χ2v) is 7.78. The first-order valence-electron chi connectivity index (χ1n) is 8.81. The van der Waals surface area contributed by atoms with Gasteiger partial charge in [0.2, 0.25) is 5.91 Å². The standard InChI is InChI=1S/C19H22N2O6S/c1-3-25-15-6-4-14(5-7-15)21(13-19(22)20-2)28(23,24)16-8-9-17-18(12-16)27-11-10-26-17/h4-9,12H,3,10-11,13H2,1-2H3,(H,20,22). The Morgan fingerprint density at radius 3 is 2.43 bits per heavy atom. The maximum absolute atomic E-state index is 13.3. The number of fused-ring (bicyclic) bond motifs is 1. The summed E-state index contributed by atoms with van der Waals surface area (Å²) in [5.74, 6) is 1.03. The summed E-state index contributed by atoms with van der Waals surface area (Å²) in [6, 6.07) is 10.9. The van der Waals surface area contributed by atoms with Gasteiger partial charge in [0.05, 0.1) is 17.2 Å². The Balaban J connectivity index is 1.99. The molecule has 1 N–H and O–H groups in total. The van der Waals surface area contributed by atoms with Crippen molar-refractivity contribution < 1.29 is 27.4 Å². The Kier molecular flexibility index (Phi) is 5.93. The molecular formula is C19H22N2O6S. The van der Waals surface area contributed by atoms with E-state index in [4.69, 9.17) is 14.2 Å². The van der Waals surface area contributed by atoms with Crippen LogP contribution in [0.2, 0.25) is 0 Å². The normalized spacial score (nSPS) is 12.9. The number of carbonyl (C=O) groups is 1. The molecule has 1 amide bonds. The maximum Gasteiger partial charge on any atom is 0.264 e. The van der Waals surface area contributed by atoms with Crippen LogP contribution in [0, 0.1) is 0 Å². The fourth-order valence-corrected chi connectivity index (χ4v) is 4.15. The number of anilines is 1. The summed E-state index contributed by atoms with van der Waals surface area (Å²) in [6.45, 7) is 2.75. The third kappa shape index (κ3) is 4.14. The lowest BCUT2D eigenvalue weighted by molar-refractivity contribution is -0.119. The molecule has 2 aromatic carbocycles. The van der Waals surface area contributed by atoms with Gasteiger partial charge in [0, 0.05) is 13.1 Å². The predicted molar refractivity (Wildman–Crippen MR) is 104 cm³/mol. The van der Waals surface area contributed by atoms with Gasteiger partial charge < -0.3 is 19.5 Å². The molecule has 0 aromatic heterocycles. The smallest absolute Gasteiger partial charge is 0.264 e. The Bertz CT molecular complexity index is 943. The van der Waals surface area contributed by atoms with Gasteiger partial charge >= 0.3 is 0 Å². The fraction of sp³-hybridized carbons (Fsp3) is 0.316. The minimum atomic E-state index is -4.02. The second-order valence-electron chi connectivity index (χ2n) is 5.92. The van der Waals surface area contributed by atoms with Gasteiger partial charge in [-0.15, -0.1) is 0 Å². The lowest BCUT2D eigenvalue weighted by atomic mass is 10.3. The molecule has 0 saturated carbocycles. The summed E-state index contributed by atoms with van der Waals surface area (Å²) in [5.41, 5.74) is 0.349. The molecule has 0 bridgehead atoms. The molecule has 1 heterocycles. The summed E-state index contributed by atoms with van der Waals surface area (Å²) in [7, 11) is -2.57. The summed E-state index contributed by atoms with van der Waals surface area (Å²) in [4.78, 5) is 12.0. The second kappa shape index (κ2) is 8.39. The van der Waals surface area contributed by atoms with E-state index in [1.165, 1.54) is 19.2 Å². The zero-order valence-electron chi connectivity index (χ0n) is 15.7. The van der Waals surface area contributed by atoms with Crippen LogP contribution in [0.3, 0.4) is 0 Å². The van der Waals surface area contributed by atoms with Gasteiger partial charge in [-0.25, -0.2) is 8.42 Å². The summed E-state index contributed by atoms with van der Waals surface area (Å²) in [5, 5.41) is 2.46. The van der Waals surface area contributed by atoms with E-state index in [9.17, 15) is 13.2 Å². The molecule has 28 heavy (non-hydrogen) atoms. The molecule has 8 nitrogen and oxygen atoms in total. The van der Waals surface area contributed by atoms with Crippen molar-refractivity contribution in [3.8, 4) is 17.2 Å². The van der Waals surface area contributed by atoms with E-state index in [0.717, 1.165) is 4.31 Å². The molecule has 150 valence electrons. The lowest BCUT2D eigenvalue weighted by Crippen LogP contribution is -2.39. The Morgan fingerprint density at radius 2 is 1.79 bits per heavy atom. The minimum absolute atomic E-state index is 0.00883. The van der Waals surface area contributed by atoms with Crippen LogP contribution in [0.15, 0.2) is 47.4 Å². The van der Waals surface area contributed by atoms with E-state index < -0.39 is 15.9 Å². The molecule has 0 aliphatic carbocycles. The highest BCUT2D eigenvalue weighted by molar-refractivity contribution is 7.92. The Labute approximate surface area is 164 Å². The van der Waals surface area contributed by atoms with E-state index in [2.05, 4.69) is 5.32 Å². The first-order chi connectivity index (χ1) is 13.5. The van der Waals surface area contributed by atoms with Gasteiger partial charge in [0.25, 0.3) is 10.0 Å². The topological polar surface area (TPSA) is 94.2 Å². The first kappa shape index (κ1) is 19.8. The highest BCUT2D eigenvalue weighted by atomic mass is 32.2. The Morgan fingerprint density at radius 1 is 1.11 bits per heavy atom. The third-order valence-corrected chi connectivity index (χ3v) is 5.87. The Hall–Kier alpha value is -2.94. The molecule has 2 aromatic rings. The van der Waals surface area contributed by atoms with Gasteiger partial charge in [0.15, 0.2) is 11.5 Å². The van der Waals surface area contributed by atoms with E-state index in [-0.39, 0.29) is 11.4 Å². The molecule has 0 fully saturated rings. The number of sulfonamides is 1. The molecule has 3 rings (SSSR count). The first-order valence-corrected chi connectivity index (χ1v) is 10.3. The van der Waals surface area contributed by atoms with Crippen LogP contribution in [-0.2, 0) is 14.8 Å². The number of carbonyl (C=O) groups excluding carboxylic acids is 1. The number of likely N-dealkylation sites (N-methyl/N-ethyl adjacent to an activating group) is 1. The van der Waals surface area contributed by atoms with Gasteiger partial charge in [-0.2, -0.15) is 0 Å². The maximum atomic E-state index is 13.3. The zero-order valence-corrected chi connectivity index (χ0v) is 16.5. The van der Waals surface area contributed by atoms with Crippen LogP contribution < -0.4 is 23.8 Å². The molecule has 0 unspecified atom stereocenters. The van der Waals surface area contributed by atoms with Gasteiger partial charge in [0.1, 0.15) is 25.5 Å². The molecule has 9 heteroatoms. The third-order valence-electron chi connectivity index (χ3n) is 4.10. The molecule has 1 aliphatic heterocycles. The quantitative estimate of drug-likeness (QED) is 0.754. The molecule has 0 spiro atoms. The van der Waals surface area contributed by atoms with E-state index >= 15 is 0 Å². The number of rotatable bonds is 7. The van der Waals surface area contributed by atoms with Crippen molar-refractivity contribution in [3.63, 3.8) is 0 Å². The van der Waals surface area contributed by atoms with Crippen molar-refractivity contribution in [1.82, 2.24) is 5.32 Å². The van der Waals surface area contributed by atoms with Crippen LogP contribution in [-0.4, -0.2) is 47.7 Å². The highest BCUT2D eigenvalue weighted by Gasteiger charge is 2.28. The van der Waals surface area contributed by atoms with Gasteiger partial charge in [-0.3, -0.25) is 9.10 Å². The van der Waals surface area contributed by atoms with Crippen LogP contribution in [0.5, 0.6) is 17.2 Å². The van der Waals surface area contributed by atoms with Crippen LogP contribution in [0.4, 0.5) is 5.69 Å². The minimum Gasteiger partial charge on any atom is -0.494 e. The number of hydrogen-bond acceptors (Lipinski definition) is 6. The average molecular weight is 406 g/mol. The monoisotopic (exact) mass is 406 g/mol. The van der Waals surface area contributed by atoms with Crippen molar-refractivity contribution in [3.05, 3.63) is 42.5 Å². The summed E-state index contributed by atoms with van der Waals surface area (Å²) in [6.07, 6.45) is 0. The van der Waals surface area contributed by atoms with Crippen molar-refractivity contribution >= 4 is 21.6 Å². The van der Waals surface area contributed by atoms with Crippen molar-refractivity contribution in [1.29, 1.82) is 0 Å². The fourth-order valence-electron chi connectivity index (χ4n) is 2.71. The van der Waals surface area contributed by atoms with E-state index in [1.54, 1.807) is 30.3 Å². The summed E-state index contributed by atoms with van der Waals surface area (Å²) < 4.78 is 44.0. The molecular weight excluding hydrogens is 384 g/mol. The van der Waals surface area contributed by atoms with Crippen molar-refractivity contribution in [2.75, 3.05) is 37.7 Å². The summed E-state index contributed by atoms with van der Waals surface area (Å²) >= 11 is 0. The molecule has 0 saturated heterocycles. The molecule has 0 radical (unpaired) electrons. The number of hydrogen-bond donors (Lipinski definition) is 1. The van der Waals surface area contributed by atoms with Crippen LogP contribution in [0.25, 0.3) is 0 Å². The number of amides is 1. The number of nitrogens with zero attached hydrogens (tertiary/aromatic N) is 1. The lowest BCUT2D eigenvalue weighted by Gasteiger charge is -2.25. The van der Waals surface area contributed by atoms with Crippen LogP contribution >= 0.6 is 0 Å². The number of ether oxygens (including phenoxy) is 3. The molecule has 0 atom stereocenters. The SMILES string of the molecule is CCOc1ccc(N(CC(=O)NC)S(=O)(=O)c2ccc3c(c2)OCCO3)cc1. The van der Waals surface area contributed by atoms with Gasteiger partial charge in [-0.1, -0.05) is 0 Å². The largest absolute Gasteiger partial charge is 0.494 e. The van der Waals surface area contributed by atoms with Crippen LogP contribution in [0.1, 0.15) is 6.92 Å². The van der Waals surface area contributed by atoms with E-state index in [0.29, 0.717) is 42.8 Å². The number of benzene rings is 2. The highest BCUT2D eigenvalue weighted by Crippen LogP contribution is 2.34. The number of nitrogens with one attached hydrogen (secondary N) is 1. The zero-order chi connectivity index (χ0) is 20.1. The van der Waals surface area contributed by atoms with Crippen molar-refractivity contribution in [2.24, 2.45) is 0 Å².